The number of nitrogens with one attached hydrogen (secondary N) is 1. The monoisotopic (exact) mass is 404 g/mol. The fourth-order valence-corrected chi connectivity index (χ4v) is 3.39. The minimum Gasteiger partial charge on any atom is -0.491 e. The Labute approximate surface area is 170 Å². The van der Waals surface area contributed by atoms with Crippen LogP contribution in [0.2, 0.25) is 0 Å². The molecule has 0 aliphatic carbocycles. The highest BCUT2D eigenvalue weighted by atomic mass is 35.5. The molecule has 7 heteroatoms. The molecule has 2 aromatic rings. The zero-order chi connectivity index (χ0) is 19.9. The van der Waals surface area contributed by atoms with E-state index in [-0.39, 0.29) is 18.6 Å². The second-order valence-electron chi connectivity index (χ2n) is 6.80. The molecule has 2 aromatic carbocycles. The Morgan fingerprint density at radius 3 is 2.75 bits per heavy atom. The maximum Gasteiger partial charge on any atom is 0.221 e. The first-order valence-electron chi connectivity index (χ1n) is 9.29. The van der Waals surface area contributed by atoms with Crippen LogP contribution < -0.4 is 14.8 Å². The third-order valence-electron chi connectivity index (χ3n) is 4.46. The molecule has 0 aromatic heterocycles. The lowest BCUT2D eigenvalue weighted by Gasteiger charge is -2.26. The van der Waals surface area contributed by atoms with Gasteiger partial charge in [-0.25, -0.2) is 0 Å². The van der Waals surface area contributed by atoms with E-state index in [1.54, 1.807) is 24.3 Å². The van der Waals surface area contributed by atoms with Gasteiger partial charge in [-0.15, -0.1) is 11.6 Å². The highest BCUT2D eigenvalue weighted by Gasteiger charge is 2.32. The molecule has 1 amide bonds. The first-order valence-corrected chi connectivity index (χ1v) is 9.73. The van der Waals surface area contributed by atoms with Crippen LogP contribution in [-0.2, 0) is 4.79 Å². The van der Waals surface area contributed by atoms with Crippen molar-refractivity contribution in [2.75, 3.05) is 25.0 Å². The zero-order valence-electron chi connectivity index (χ0n) is 15.8. The van der Waals surface area contributed by atoms with Crippen molar-refractivity contribution in [2.24, 2.45) is 0 Å². The predicted octanol–water partition coefficient (Wildman–Crippen LogP) is 3.10. The highest BCUT2D eigenvalue weighted by molar-refractivity contribution is 6.20. The molecule has 2 N–H and O–H groups in total. The Hall–Kier alpha value is -2.28. The van der Waals surface area contributed by atoms with Crippen molar-refractivity contribution in [3.63, 3.8) is 0 Å². The van der Waals surface area contributed by atoms with Crippen LogP contribution in [0, 0.1) is 0 Å². The molecule has 0 bridgehead atoms. The number of benzene rings is 2. The van der Waals surface area contributed by atoms with E-state index in [9.17, 15) is 9.90 Å². The van der Waals surface area contributed by atoms with Crippen molar-refractivity contribution in [1.82, 2.24) is 4.90 Å². The fourth-order valence-electron chi connectivity index (χ4n) is 3.14. The van der Waals surface area contributed by atoms with Gasteiger partial charge in [0.2, 0.25) is 5.91 Å². The van der Waals surface area contributed by atoms with E-state index in [1.807, 2.05) is 35.2 Å². The molecule has 3 atom stereocenters. The lowest BCUT2D eigenvalue weighted by atomic mass is 10.3. The molecule has 1 fully saturated rings. The maximum absolute atomic E-state index is 11.1. The first kappa shape index (κ1) is 20.5. The number of rotatable bonds is 8. The molecule has 6 nitrogen and oxygen atoms in total. The van der Waals surface area contributed by atoms with Crippen molar-refractivity contribution in [1.29, 1.82) is 0 Å². The lowest BCUT2D eigenvalue weighted by Crippen LogP contribution is -2.42. The molecular weight excluding hydrogens is 380 g/mol. The van der Waals surface area contributed by atoms with E-state index in [0.717, 1.165) is 18.7 Å². The molecule has 3 rings (SSSR count). The van der Waals surface area contributed by atoms with Crippen LogP contribution in [0.3, 0.4) is 0 Å². The zero-order valence-corrected chi connectivity index (χ0v) is 16.5. The van der Waals surface area contributed by atoms with Crippen LogP contribution in [0.1, 0.15) is 13.3 Å². The fraction of sp³-hybridized carbons (Fsp3) is 0.381. The van der Waals surface area contributed by atoms with E-state index in [1.165, 1.54) is 6.92 Å². The third kappa shape index (κ3) is 5.86. The Bertz CT molecular complexity index is 774. The first-order chi connectivity index (χ1) is 13.5. The number of hydrogen-bond acceptors (Lipinski definition) is 5. The van der Waals surface area contributed by atoms with Gasteiger partial charge < -0.3 is 19.9 Å². The van der Waals surface area contributed by atoms with Gasteiger partial charge in [-0.3, -0.25) is 9.69 Å². The van der Waals surface area contributed by atoms with Crippen LogP contribution in [-0.4, -0.2) is 53.3 Å². The number of aliphatic hydroxyl groups excluding tert-OH is 1. The topological polar surface area (TPSA) is 71.0 Å². The van der Waals surface area contributed by atoms with E-state index < -0.39 is 11.6 Å². The number of carbonyl (C=O) groups is 1. The van der Waals surface area contributed by atoms with Gasteiger partial charge in [0, 0.05) is 31.8 Å². The summed E-state index contributed by atoms with van der Waals surface area (Å²) < 4.78 is 11.6. The van der Waals surface area contributed by atoms with Gasteiger partial charge in [0.1, 0.15) is 35.8 Å². The van der Waals surface area contributed by atoms with Crippen LogP contribution in [0.4, 0.5) is 5.69 Å². The number of ether oxygens (including phenoxy) is 2. The van der Waals surface area contributed by atoms with Crippen LogP contribution in [0.15, 0.2) is 54.6 Å². The molecule has 0 saturated carbocycles. The van der Waals surface area contributed by atoms with Crippen molar-refractivity contribution >= 4 is 23.2 Å². The second kappa shape index (κ2) is 9.78. The summed E-state index contributed by atoms with van der Waals surface area (Å²) in [6, 6.07) is 16.7. The number of carbonyl (C=O) groups excluding carboxylic acids is 1. The average molecular weight is 405 g/mol. The van der Waals surface area contributed by atoms with Gasteiger partial charge in [0.25, 0.3) is 0 Å². The minimum absolute atomic E-state index is 0.0473. The second-order valence-corrected chi connectivity index (χ2v) is 7.24. The number of likely N-dealkylation sites (tertiary alicyclic amines) is 1. The molecule has 0 spiro atoms. The summed E-state index contributed by atoms with van der Waals surface area (Å²) in [5.41, 5.74) is 0.0743. The van der Waals surface area contributed by atoms with Gasteiger partial charge in [0.05, 0.1) is 0 Å². The van der Waals surface area contributed by atoms with Gasteiger partial charge in [0.15, 0.2) is 0 Å². The van der Waals surface area contributed by atoms with Crippen molar-refractivity contribution < 1.29 is 19.4 Å². The molecule has 0 radical (unpaired) electrons. The summed E-state index contributed by atoms with van der Waals surface area (Å²) in [6.07, 6.45) is 0.0393. The summed E-state index contributed by atoms with van der Waals surface area (Å²) in [4.78, 5) is 13.1. The van der Waals surface area contributed by atoms with Crippen LogP contribution in [0.25, 0.3) is 0 Å². The molecule has 1 aliphatic heterocycles. The van der Waals surface area contributed by atoms with E-state index in [2.05, 4.69) is 5.32 Å². The average Bonchev–Trinajstić information content (AvgIpc) is 3.14. The number of nitrogens with zero attached hydrogens (tertiary/aromatic N) is 1. The SMILES string of the molecule is CC(=O)Nc1cccc(OCC(O)C(Cl)N2CCC(Oc3ccccc3)C2)c1. The molecule has 3 unspecified atom stereocenters. The Morgan fingerprint density at radius 2 is 2.00 bits per heavy atom. The summed E-state index contributed by atoms with van der Waals surface area (Å²) >= 11 is 6.46. The quantitative estimate of drug-likeness (QED) is 0.522. The number of halogens is 1. The molecule has 1 aliphatic rings. The van der Waals surface area contributed by atoms with Crippen molar-refractivity contribution in [2.45, 2.75) is 31.1 Å². The van der Waals surface area contributed by atoms with Gasteiger partial charge >= 0.3 is 0 Å². The molecule has 28 heavy (non-hydrogen) atoms. The summed E-state index contributed by atoms with van der Waals surface area (Å²) in [6.45, 7) is 2.90. The van der Waals surface area contributed by atoms with Crippen molar-refractivity contribution in [3.05, 3.63) is 54.6 Å². The number of alkyl halides is 1. The number of aliphatic hydroxyl groups is 1. The highest BCUT2D eigenvalue weighted by Crippen LogP contribution is 2.23. The van der Waals surface area contributed by atoms with E-state index >= 15 is 0 Å². The van der Waals surface area contributed by atoms with E-state index in [0.29, 0.717) is 18.0 Å². The molecular formula is C21H25ClN2O4. The van der Waals surface area contributed by atoms with Gasteiger partial charge in [-0.2, -0.15) is 0 Å². The number of anilines is 1. The van der Waals surface area contributed by atoms with E-state index in [4.69, 9.17) is 21.1 Å². The smallest absolute Gasteiger partial charge is 0.221 e. The Kier molecular flexibility index (Phi) is 7.14. The Morgan fingerprint density at radius 1 is 1.25 bits per heavy atom. The van der Waals surface area contributed by atoms with Gasteiger partial charge in [-0.05, 0) is 30.7 Å². The van der Waals surface area contributed by atoms with Crippen LogP contribution in [0.5, 0.6) is 11.5 Å². The lowest BCUT2D eigenvalue weighted by molar-refractivity contribution is -0.114. The molecule has 150 valence electrons. The number of para-hydroxylation sites is 1. The molecule has 1 heterocycles. The molecule has 1 saturated heterocycles. The minimum atomic E-state index is -0.860. The van der Waals surface area contributed by atoms with Crippen LogP contribution >= 0.6 is 11.6 Å². The normalized spacial score (nSPS) is 19.0. The number of hydrogen-bond donors (Lipinski definition) is 2. The number of amides is 1. The summed E-state index contributed by atoms with van der Waals surface area (Å²) in [5.74, 6) is 1.24. The summed E-state index contributed by atoms with van der Waals surface area (Å²) in [5, 5.41) is 13.1. The standard InChI is InChI=1S/C21H25ClN2O4/c1-15(25)23-16-6-5-9-18(12-16)27-14-20(26)21(22)24-11-10-19(13-24)28-17-7-3-2-4-8-17/h2-9,12,19-21,26H,10-11,13-14H2,1H3,(H,23,25). The van der Waals surface area contributed by atoms with Crippen molar-refractivity contribution in [3.8, 4) is 11.5 Å². The van der Waals surface area contributed by atoms with Gasteiger partial charge in [-0.1, -0.05) is 24.3 Å². The third-order valence-corrected chi connectivity index (χ3v) is 5.03. The summed E-state index contributed by atoms with van der Waals surface area (Å²) in [7, 11) is 0. The maximum atomic E-state index is 11.1. The predicted molar refractivity (Wildman–Crippen MR) is 109 cm³/mol. The Balaban J connectivity index is 1.47. The largest absolute Gasteiger partial charge is 0.491 e.